The van der Waals surface area contributed by atoms with Crippen LogP contribution in [-0.4, -0.2) is 74.9 Å². The molecule has 1 saturated heterocycles. The smallest absolute Gasteiger partial charge is 0.254 e. The maximum Gasteiger partial charge on any atom is 0.254 e. The minimum absolute atomic E-state index is 0.0818. The van der Waals surface area contributed by atoms with Gasteiger partial charge in [0.15, 0.2) is 11.5 Å². The lowest BCUT2D eigenvalue weighted by molar-refractivity contribution is 0.0745. The van der Waals surface area contributed by atoms with Gasteiger partial charge in [0, 0.05) is 43.4 Å². The maximum absolute atomic E-state index is 13.2. The number of ether oxygens (including phenoxy) is 4. The van der Waals surface area contributed by atoms with Crippen molar-refractivity contribution < 1.29 is 23.7 Å². The number of rotatable bonds is 8. The van der Waals surface area contributed by atoms with Gasteiger partial charge in [-0.2, -0.15) is 0 Å². The molecule has 1 amide bonds. The van der Waals surface area contributed by atoms with E-state index in [0.29, 0.717) is 55.6 Å². The Morgan fingerprint density at radius 1 is 0.886 bits per heavy atom. The molecule has 0 unspecified atom stereocenters. The molecule has 35 heavy (non-hydrogen) atoms. The van der Waals surface area contributed by atoms with E-state index in [1.807, 2.05) is 42.2 Å². The predicted molar refractivity (Wildman–Crippen MR) is 133 cm³/mol. The number of carbonyl (C=O) groups excluding carboxylic acids is 1. The number of hydrogen-bond donors (Lipinski definition) is 0. The van der Waals surface area contributed by atoms with Crippen LogP contribution in [0.5, 0.6) is 23.0 Å². The van der Waals surface area contributed by atoms with Gasteiger partial charge in [-0.25, -0.2) is 9.97 Å². The molecule has 2 heterocycles. The van der Waals surface area contributed by atoms with Crippen molar-refractivity contribution >= 4 is 11.7 Å². The Morgan fingerprint density at radius 2 is 1.54 bits per heavy atom. The molecule has 0 atom stereocenters. The molecule has 0 N–H and O–H groups in total. The van der Waals surface area contributed by atoms with Gasteiger partial charge in [0.1, 0.15) is 17.9 Å². The summed E-state index contributed by atoms with van der Waals surface area (Å²) in [6, 6.07) is 13.2. The molecular weight excluding hydrogens is 448 g/mol. The fraction of sp³-hybridized carbons (Fsp3) is 0.346. The molecule has 1 aromatic heterocycles. The van der Waals surface area contributed by atoms with Crippen LogP contribution in [0.2, 0.25) is 0 Å². The largest absolute Gasteiger partial charge is 0.494 e. The van der Waals surface area contributed by atoms with Crippen molar-refractivity contribution in [3.63, 3.8) is 0 Å². The highest BCUT2D eigenvalue weighted by Crippen LogP contribution is 2.38. The fourth-order valence-electron chi connectivity index (χ4n) is 4.09. The van der Waals surface area contributed by atoms with E-state index in [1.54, 1.807) is 18.5 Å². The third kappa shape index (κ3) is 5.24. The number of aromatic nitrogens is 2. The van der Waals surface area contributed by atoms with Crippen LogP contribution in [0.4, 0.5) is 5.82 Å². The third-order valence-corrected chi connectivity index (χ3v) is 5.92. The normalized spacial score (nSPS) is 13.4. The molecule has 1 aliphatic rings. The van der Waals surface area contributed by atoms with E-state index in [0.717, 1.165) is 22.8 Å². The molecule has 9 heteroatoms. The van der Waals surface area contributed by atoms with Crippen LogP contribution < -0.4 is 23.8 Å². The summed E-state index contributed by atoms with van der Waals surface area (Å²) in [7, 11) is 4.61. The molecule has 4 rings (SSSR count). The van der Waals surface area contributed by atoms with Gasteiger partial charge in [-0.05, 0) is 43.3 Å². The van der Waals surface area contributed by atoms with Crippen LogP contribution in [-0.2, 0) is 0 Å². The first-order chi connectivity index (χ1) is 17.1. The van der Waals surface area contributed by atoms with Gasteiger partial charge in [0.2, 0.25) is 5.75 Å². The van der Waals surface area contributed by atoms with E-state index in [-0.39, 0.29) is 5.91 Å². The number of benzene rings is 2. The highest BCUT2D eigenvalue weighted by molar-refractivity contribution is 5.95. The standard InChI is InChI=1S/C26H30N4O5/c1-5-35-20-8-6-18(7-9-20)21-16-24(28-17-27-21)29-10-12-30(13-11-29)26(31)19-14-22(32-2)25(34-4)23(15-19)33-3/h6-9,14-17H,5,10-13H2,1-4H3. The van der Waals surface area contributed by atoms with E-state index in [4.69, 9.17) is 18.9 Å². The Hall–Kier alpha value is -4.01. The topological polar surface area (TPSA) is 86.3 Å². The fourth-order valence-corrected chi connectivity index (χ4v) is 4.09. The summed E-state index contributed by atoms with van der Waals surface area (Å²) in [5.74, 6) is 2.96. The lowest BCUT2D eigenvalue weighted by Gasteiger charge is -2.35. The van der Waals surface area contributed by atoms with Gasteiger partial charge in [0.05, 0.1) is 33.6 Å². The summed E-state index contributed by atoms with van der Waals surface area (Å²) in [5.41, 5.74) is 2.33. The monoisotopic (exact) mass is 478 g/mol. The molecule has 0 saturated carbocycles. The second-order valence-electron chi connectivity index (χ2n) is 7.91. The van der Waals surface area contributed by atoms with Crippen molar-refractivity contribution in [3.05, 3.63) is 54.4 Å². The van der Waals surface area contributed by atoms with Gasteiger partial charge >= 0.3 is 0 Å². The lowest BCUT2D eigenvalue weighted by Crippen LogP contribution is -2.49. The number of amides is 1. The summed E-state index contributed by atoms with van der Waals surface area (Å²) in [6.45, 7) is 5.05. The molecule has 0 spiro atoms. The number of anilines is 1. The Morgan fingerprint density at radius 3 is 2.11 bits per heavy atom. The second-order valence-corrected chi connectivity index (χ2v) is 7.91. The van der Waals surface area contributed by atoms with Gasteiger partial charge in [-0.1, -0.05) is 0 Å². The molecule has 0 aliphatic carbocycles. The Kier molecular flexibility index (Phi) is 7.54. The zero-order valence-electron chi connectivity index (χ0n) is 20.5. The van der Waals surface area contributed by atoms with E-state index < -0.39 is 0 Å². The van der Waals surface area contributed by atoms with Crippen LogP contribution >= 0.6 is 0 Å². The highest BCUT2D eigenvalue weighted by Gasteiger charge is 2.25. The summed E-state index contributed by atoms with van der Waals surface area (Å²) < 4.78 is 21.7. The second kappa shape index (κ2) is 10.9. The average Bonchev–Trinajstić information content (AvgIpc) is 2.92. The summed E-state index contributed by atoms with van der Waals surface area (Å²) in [5, 5.41) is 0. The number of piperazine rings is 1. The summed E-state index contributed by atoms with van der Waals surface area (Å²) in [4.78, 5) is 26.1. The van der Waals surface area contributed by atoms with Crippen LogP contribution in [0.1, 0.15) is 17.3 Å². The van der Waals surface area contributed by atoms with Crippen molar-refractivity contribution in [3.8, 4) is 34.3 Å². The minimum atomic E-state index is -0.0818. The van der Waals surface area contributed by atoms with Gasteiger partial charge in [0.25, 0.3) is 5.91 Å². The van der Waals surface area contributed by atoms with E-state index in [9.17, 15) is 4.79 Å². The first-order valence-electron chi connectivity index (χ1n) is 11.5. The first kappa shape index (κ1) is 24.1. The van der Waals surface area contributed by atoms with E-state index in [2.05, 4.69) is 14.9 Å². The van der Waals surface area contributed by atoms with Gasteiger partial charge < -0.3 is 28.7 Å². The Balaban J connectivity index is 1.44. The predicted octanol–water partition coefficient (Wildman–Crippen LogP) is 3.53. The van der Waals surface area contributed by atoms with Crippen LogP contribution in [0, 0.1) is 0 Å². The Bertz CT molecular complexity index is 1140. The molecular formula is C26H30N4O5. The molecule has 9 nitrogen and oxygen atoms in total. The van der Waals surface area contributed by atoms with Crippen molar-refractivity contribution in [2.45, 2.75) is 6.92 Å². The van der Waals surface area contributed by atoms with Crippen molar-refractivity contribution in [1.82, 2.24) is 14.9 Å². The van der Waals surface area contributed by atoms with Crippen molar-refractivity contribution in [1.29, 1.82) is 0 Å². The van der Waals surface area contributed by atoms with E-state index >= 15 is 0 Å². The molecule has 0 bridgehead atoms. The molecule has 2 aromatic carbocycles. The van der Waals surface area contributed by atoms with Crippen LogP contribution in [0.15, 0.2) is 48.8 Å². The zero-order valence-corrected chi connectivity index (χ0v) is 20.5. The van der Waals surface area contributed by atoms with Crippen LogP contribution in [0.25, 0.3) is 11.3 Å². The molecule has 1 fully saturated rings. The lowest BCUT2D eigenvalue weighted by atomic mass is 10.1. The minimum Gasteiger partial charge on any atom is -0.494 e. The third-order valence-electron chi connectivity index (χ3n) is 5.92. The summed E-state index contributed by atoms with van der Waals surface area (Å²) in [6.07, 6.45) is 1.58. The van der Waals surface area contributed by atoms with Crippen molar-refractivity contribution in [2.24, 2.45) is 0 Å². The van der Waals surface area contributed by atoms with Crippen molar-refractivity contribution in [2.75, 3.05) is 59.0 Å². The SMILES string of the molecule is CCOc1ccc(-c2cc(N3CCN(C(=O)c4cc(OC)c(OC)c(OC)c4)CC3)ncn2)cc1. The Labute approximate surface area is 205 Å². The maximum atomic E-state index is 13.2. The molecule has 1 aliphatic heterocycles. The zero-order chi connectivity index (χ0) is 24.8. The number of nitrogens with zero attached hydrogens (tertiary/aromatic N) is 4. The molecule has 184 valence electrons. The number of hydrogen-bond acceptors (Lipinski definition) is 8. The number of carbonyl (C=O) groups is 1. The first-order valence-corrected chi connectivity index (χ1v) is 11.5. The number of methoxy groups -OCH3 is 3. The average molecular weight is 479 g/mol. The quantitative estimate of drug-likeness (QED) is 0.486. The molecule has 3 aromatic rings. The van der Waals surface area contributed by atoms with Crippen LogP contribution in [0.3, 0.4) is 0 Å². The summed E-state index contributed by atoms with van der Waals surface area (Å²) >= 11 is 0. The molecule has 0 radical (unpaired) electrons. The van der Waals surface area contributed by atoms with Gasteiger partial charge in [-0.15, -0.1) is 0 Å². The van der Waals surface area contributed by atoms with E-state index in [1.165, 1.54) is 21.3 Å². The highest BCUT2D eigenvalue weighted by atomic mass is 16.5. The van der Waals surface area contributed by atoms with Gasteiger partial charge in [-0.3, -0.25) is 4.79 Å².